The van der Waals surface area contributed by atoms with Gasteiger partial charge in [0.15, 0.2) is 17.6 Å². The van der Waals surface area contributed by atoms with Gasteiger partial charge >= 0.3 is 0 Å². The molecule has 0 amide bonds. The number of hydrogen-bond donors (Lipinski definition) is 0. The first-order valence-electron chi connectivity index (χ1n) is 7.29. The van der Waals surface area contributed by atoms with E-state index in [0.29, 0.717) is 5.75 Å². The van der Waals surface area contributed by atoms with Crippen molar-refractivity contribution in [3.05, 3.63) is 42.7 Å². The normalized spacial score (nSPS) is 12.7. The largest absolute Gasteiger partial charge is 0.479 e. The maximum absolute atomic E-state index is 12.2. The van der Waals surface area contributed by atoms with E-state index in [-0.39, 0.29) is 17.6 Å². The van der Waals surface area contributed by atoms with Crippen LogP contribution in [-0.2, 0) is 4.79 Å². The summed E-state index contributed by atoms with van der Waals surface area (Å²) < 4.78 is 7.61. The molecule has 1 aromatic carbocycles. The van der Waals surface area contributed by atoms with E-state index < -0.39 is 6.10 Å². The maximum Gasteiger partial charge on any atom is 0.176 e. The van der Waals surface area contributed by atoms with E-state index in [0.717, 1.165) is 5.69 Å². The molecule has 0 radical (unpaired) electrons. The van der Waals surface area contributed by atoms with Crippen LogP contribution >= 0.6 is 0 Å². The number of aromatic nitrogens is 2. The van der Waals surface area contributed by atoms with Gasteiger partial charge in [-0.25, -0.2) is 4.68 Å². The lowest BCUT2D eigenvalue weighted by molar-refractivity contribution is -0.130. The van der Waals surface area contributed by atoms with Gasteiger partial charge in [-0.1, -0.05) is 45.9 Å². The van der Waals surface area contributed by atoms with E-state index >= 15 is 0 Å². The molecule has 0 aliphatic heterocycles. The van der Waals surface area contributed by atoms with Crippen LogP contribution in [0.25, 0.3) is 5.69 Å². The van der Waals surface area contributed by atoms with Gasteiger partial charge in [-0.3, -0.25) is 4.79 Å². The highest BCUT2D eigenvalue weighted by molar-refractivity contribution is 5.85. The molecule has 0 aliphatic carbocycles. The minimum atomic E-state index is -0.432. The third-order valence-electron chi connectivity index (χ3n) is 3.30. The quantitative estimate of drug-likeness (QED) is 0.816. The van der Waals surface area contributed by atoms with Crippen LogP contribution in [0.4, 0.5) is 0 Å². The molecule has 4 heteroatoms. The van der Waals surface area contributed by atoms with E-state index in [4.69, 9.17) is 4.74 Å². The SMILES string of the molecule is CC(C)C(=O)C(Oc1cnn(-c2ccccc2)c1)C(C)C. The summed E-state index contributed by atoms with van der Waals surface area (Å²) >= 11 is 0. The second kappa shape index (κ2) is 6.57. The number of carbonyl (C=O) groups is 1. The standard InChI is InChI=1S/C17H22N2O2/c1-12(2)16(20)17(13(3)4)21-15-10-18-19(11-15)14-8-6-5-7-9-14/h5-13,17H,1-4H3. The Morgan fingerprint density at radius 2 is 1.81 bits per heavy atom. The van der Waals surface area contributed by atoms with Crippen LogP contribution in [-0.4, -0.2) is 21.7 Å². The number of ether oxygens (including phenoxy) is 1. The van der Waals surface area contributed by atoms with Gasteiger partial charge in [0, 0.05) is 5.92 Å². The van der Waals surface area contributed by atoms with Gasteiger partial charge in [-0.15, -0.1) is 0 Å². The third kappa shape index (κ3) is 3.72. The number of nitrogens with zero attached hydrogens (tertiary/aromatic N) is 2. The Kier molecular flexibility index (Phi) is 4.78. The zero-order chi connectivity index (χ0) is 15.4. The molecular formula is C17H22N2O2. The molecule has 0 saturated heterocycles. The molecule has 4 nitrogen and oxygen atoms in total. The molecule has 1 unspecified atom stereocenters. The minimum Gasteiger partial charge on any atom is -0.479 e. The van der Waals surface area contributed by atoms with E-state index in [9.17, 15) is 4.79 Å². The smallest absolute Gasteiger partial charge is 0.176 e. The molecule has 112 valence electrons. The third-order valence-corrected chi connectivity index (χ3v) is 3.30. The average molecular weight is 286 g/mol. The number of carbonyl (C=O) groups excluding carboxylic acids is 1. The van der Waals surface area contributed by atoms with Crippen LogP contribution in [0.3, 0.4) is 0 Å². The predicted molar refractivity (Wildman–Crippen MR) is 82.7 cm³/mol. The zero-order valence-corrected chi connectivity index (χ0v) is 13.0. The summed E-state index contributed by atoms with van der Waals surface area (Å²) in [6.45, 7) is 7.78. The van der Waals surface area contributed by atoms with E-state index in [2.05, 4.69) is 5.10 Å². The number of Topliss-reactive ketones (excluding diaryl/α,β-unsaturated/α-hetero) is 1. The van der Waals surface area contributed by atoms with Gasteiger partial charge < -0.3 is 4.74 Å². The molecular weight excluding hydrogens is 264 g/mol. The Balaban J connectivity index is 2.16. The Hall–Kier alpha value is -2.10. The number of hydrogen-bond acceptors (Lipinski definition) is 3. The van der Waals surface area contributed by atoms with Crippen molar-refractivity contribution >= 4 is 5.78 Å². The minimum absolute atomic E-state index is 0.0402. The fourth-order valence-electron chi connectivity index (χ4n) is 2.09. The van der Waals surface area contributed by atoms with Crippen molar-refractivity contribution in [1.82, 2.24) is 9.78 Å². The van der Waals surface area contributed by atoms with Crippen LogP contribution < -0.4 is 4.74 Å². The zero-order valence-electron chi connectivity index (χ0n) is 13.0. The Morgan fingerprint density at radius 1 is 1.14 bits per heavy atom. The van der Waals surface area contributed by atoms with Gasteiger partial charge in [0.1, 0.15) is 0 Å². The Labute approximate surface area is 125 Å². The summed E-state index contributed by atoms with van der Waals surface area (Å²) in [7, 11) is 0. The summed E-state index contributed by atoms with van der Waals surface area (Å²) in [6.07, 6.45) is 3.02. The summed E-state index contributed by atoms with van der Waals surface area (Å²) in [6, 6.07) is 9.81. The Morgan fingerprint density at radius 3 is 2.38 bits per heavy atom. The second-order valence-corrected chi connectivity index (χ2v) is 5.80. The van der Waals surface area contributed by atoms with Gasteiger partial charge in [-0.05, 0) is 18.1 Å². The van der Waals surface area contributed by atoms with Crippen LogP contribution in [0, 0.1) is 11.8 Å². The van der Waals surface area contributed by atoms with Crippen molar-refractivity contribution < 1.29 is 9.53 Å². The molecule has 21 heavy (non-hydrogen) atoms. The van der Waals surface area contributed by atoms with Crippen LogP contribution in [0.15, 0.2) is 42.7 Å². The lowest BCUT2D eigenvalue weighted by Crippen LogP contribution is -2.35. The van der Waals surface area contributed by atoms with Crippen molar-refractivity contribution in [3.8, 4) is 11.4 Å². The van der Waals surface area contributed by atoms with Gasteiger partial charge in [0.25, 0.3) is 0 Å². The average Bonchev–Trinajstić information content (AvgIpc) is 2.93. The van der Waals surface area contributed by atoms with E-state index in [1.807, 2.05) is 58.0 Å². The molecule has 1 atom stereocenters. The van der Waals surface area contributed by atoms with Crippen LogP contribution in [0.1, 0.15) is 27.7 Å². The molecule has 1 heterocycles. The van der Waals surface area contributed by atoms with Gasteiger partial charge in [-0.2, -0.15) is 5.10 Å². The summed E-state index contributed by atoms with van der Waals surface area (Å²) in [5.74, 6) is 0.825. The monoisotopic (exact) mass is 286 g/mol. The van der Waals surface area contributed by atoms with Gasteiger partial charge in [0.2, 0.25) is 0 Å². The fraction of sp³-hybridized carbons (Fsp3) is 0.412. The molecule has 0 saturated carbocycles. The van der Waals surface area contributed by atoms with Crippen molar-refractivity contribution in [1.29, 1.82) is 0 Å². The van der Waals surface area contributed by atoms with E-state index in [1.165, 1.54) is 0 Å². The lowest BCUT2D eigenvalue weighted by Gasteiger charge is -2.22. The topological polar surface area (TPSA) is 44.1 Å². The summed E-state index contributed by atoms with van der Waals surface area (Å²) in [5, 5.41) is 4.28. The van der Waals surface area contributed by atoms with Crippen molar-refractivity contribution in [3.63, 3.8) is 0 Å². The first kappa shape index (κ1) is 15.3. The number of benzene rings is 1. The fourth-order valence-corrected chi connectivity index (χ4v) is 2.09. The molecule has 1 aromatic heterocycles. The van der Waals surface area contributed by atoms with Crippen LogP contribution in [0.5, 0.6) is 5.75 Å². The highest BCUT2D eigenvalue weighted by Gasteiger charge is 2.26. The highest BCUT2D eigenvalue weighted by atomic mass is 16.5. The molecule has 2 rings (SSSR count). The summed E-state index contributed by atoms with van der Waals surface area (Å²) in [4.78, 5) is 12.2. The molecule has 0 spiro atoms. The Bertz CT molecular complexity index is 588. The molecule has 0 bridgehead atoms. The number of para-hydroxylation sites is 1. The van der Waals surface area contributed by atoms with Crippen molar-refractivity contribution in [2.24, 2.45) is 11.8 Å². The number of ketones is 1. The maximum atomic E-state index is 12.2. The molecule has 0 fully saturated rings. The first-order chi connectivity index (χ1) is 9.99. The van der Waals surface area contributed by atoms with Crippen molar-refractivity contribution in [2.45, 2.75) is 33.8 Å². The highest BCUT2D eigenvalue weighted by Crippen LogP contribution is 2.19. The van der Waals surface area contributed by atoms with Crippen LogP contribution in [0.2, 0.25) is 0 Å². The summed E-state index contributed by atoms with van der Waals surface area (Å²) in [5.41, 5.74) is 0.962. The molecule has 0 aliphatic rings. The van der Waals surface area contributed by atoms with Crippen molar-refractivity contribution in [2.75, 3.05) is 0 Å². The number of rotatable bonds is 6. The lowest BCUT2D eigenvalue weighted by atomic mass is 9.95. The molecule has 2 aromatic rings. The second-order valence-electron chi connectivity index (χ2n) is 5.80. The predicted octanol–water partition coefficient (Wildman–Crippen LogP) is 3.50. The van der Waals surface area contributed by atoms with E-state index in [1.54, 1.807) is 17.1 Å². The van der Waals surface area contributed by atoms with Gasteiger partial charge in [0.05, 0.1) is 18.1 Å². The molecule has 0 N–H and O–H groups in total. The first-order valence-corrected chi connectivity index (χ1v) is 7.29.